The van der Waals surface area contributed by atoms with Crippen molar-refractivity contribution in [2.45, 2.75) is 13.8 Å². The summed E-state index contributed by atoms with van der Waals surface area (Å²) in [7, 11) is 0. The maximum Gasteiger partial charge on any atom is 0.171 e. The molecule has 0 atom stereocenters. The number of nitrogens with zero attached hydrogens (tertiary/aromatic N) is 3. The summed E-state index contributed by atoms with van der Waals surface area (Å²) in [6, 6.07) is 5.52. The fraction of sp³-hybridized carbons (Fsp3) is 0.167. The van der Waals surface area contributed by atoms with Crippen molar-refractivity contribution in [1.82, 2.24) is 9.78 Å². The minimum absolute atomic E-state index is 0.0629. The first-order valence-corrected chi connectivity index (χ1v) is 7.04. The maximum absolute atomic E-state index is 8.70. The van der Waals surface area contributed by atoms with E-state index in [1.807, 2.05) is 30.7 Å². The molecule has 0 amide bonds. The van der Waals surface area contributed by atoms with Gasteiger partial charge in [0.1, 0.15) is 0 Å². The Morgan fingerprint density at radius 1 is 1.37 bits per heavy atom. The lowest BCUT2D eigenvalue weighted by Crippen LogP contribution is -2.14. The smallest absolute Gasteiger partial charge is 0.171 e. The van der Waals surface area contributed by atoms with Gasteiger partial charge in [-0.3, -0.25) is 0 Å². The van der Waals surface area contributed by atoms with Gasteiger partial charge in [-0.25, -0.2) is 4.68 Å². The van der Waals surface area contributed by atoms with Gasteiger partial charge in [-0.2, -0.15) is 5.10 Å². The zero-order valence-corrected chi connectivity index (χ0v) is 13.5. The highest BCUT2D eigenvalue weighted by molar-refractivity contribution is 9.10. The summed E-state index contributed by atoms with van der Waals surface area (Å²) < 4.78 is 3.56. The van der Waals surface area contributed by atoms with Crippen molar-refractivity contribution in [2.75, 3.05) is 0 Å². The van der Waals surface area contributed by atoms with Crippen LogP contribution in [0.1, 0.15) is 17.0 Å². The minimum atomic E-state index is 0.0629. The van der Waals surface area contributed by atoms with Crippen molar-refractivity contribution in [3.8, 4) is 5.69 Å². The van der Waals surface area contributed by atoms with Crippen LogP contribution in [0.5, 0.6) is 0 Å². The number of aromatic nitrogens is 2. The Morgan fingerprint density at radius 3 is 2.53 bits per heavy atom. The van der Waals surface area contributed by atoms with Gasteiger partial charge in [0.2, 0.25) is 0 Å². The summed E-state index contributed by atoms with van der Waals surface area (Å²) in [6.45, 7) is 3.92. The van der Waals surface area contributed by atoms with Crippen molar-refractivity contribution < 1.29 is 5.21 Å². The molecule has 0 bridgehead atoms. The summed E-state index contributed by atoms with van der Waals surface area (Å²) in [6.07, 6.45) is 0. The van der Waals surface area contributed by atoms with Crippen LogP contribution in [0.15, 0.2) is 32.3 Å². The second-order valence-electron chi connectivity index (χ2n) is 4.05. The molecule has 1 heterocycles. The number of oxime groups is 1. The Labute approximate surface area is 127 Å². The topological polar surface area (TPSA) is 76.4 Å². The number of rotatable bonds is 2. The predicted octanol–water partition coefficient (Wildman–Crippen LogP) is 3.11. The molecule has 5 nitrogen and oxygen atoms in total. The first kappa shape index (κ1) is 14.1. The van der Waals surface area contributed by atoms with Gasteiger partial charge < -0.3 is 10.9 Å². The van der Waals surface area contributed by atoms with Crippen molar-refractivity contribution in [3.05, 3.63) is 44.1 Å². The number of hydrogen-bond acceptors (Lipinski definition) is 3. The Hall–Kier alpha value is -1.34. The van der Waals surface area contributed by atoms with Gasteiger partial charge in [-0.05, 0) is 63.9 Å². The first-order valence-electron chi connectivity index (χ1n) is 5.45. The third-order valence-electron chi connectivity index (χ3n) is 2.78. The largest absolute Gasteiger partial charge is 0.409 e. The van der Waals surface area contributed by atoms with E-state index in [0.717, 1.165) is 26.0 Å². The molecule has 0 unspecified atom stereocenters. The van der Waals surface area contributed by atoms with E-state index in [1.165, 1.54) is 0 Å². The van der Waals surface area contributed by atoms with E-state index in [0.29, 0.717) is 5.56 Å². The highest BCUT2D eigenvalue weighted by Gasteiger charge is 2.12. The zero-order chi connectivity index (χ0) is 14.2. The van der Waals surface area contributed by atoms with Crippen molar-refractivity contribution in [3.63, 3.8) is 0 Å². The normalized spacial score (nSPS) is 11.9. The van der Waals surface area contributed by atoms with Gasteiger partial charge in [0.25, 0.3) is 0 Å². The average Bonchev–Trinajstić information content (AvgIpc) is 2.65. The summed E-state index contributed by atoms with van der Waals surface area (Å²) in [5.41, 5.74) is 9.05. The number of nitrogens with two attached hydrogens (primary N) is 1. The van der Waals surface area contributed by atoms with Crippen LogP contribution in [-0.4, -0.2) is 20.8 Å². The Kier molecular flexibility index (Phi) is 3.96. The average molecular weight is 388 g/mol. The maximum atomic E-state index is 8.70. The molecule has 19 heavy (non-hydrogen) atoms. The standard InChI is InChI=1S/C12H12Br2N4O/c1-6-11(14)7(2)18(16-6)8-3-4-9(10(13)5-8)12(15)17-19/h3-5,19H,1-2H3,(H2,15,17). The second kappa shape index (κ2) is 5.34. The fourth-order valence-corrected chi connectivity index (χ4v) is 2.59. The summed E-state index contributed by atoms with van der Waals surface area (Å²) in [4.78, 5) is 0. The van der Waals surface area contributed by atoms with Crippen LogP contribution >= 0.6 is 31.9 Å². The molecular formula is C12H12Br2N4O. The number of hydrogen-bond donors (Lipinski definition) is 2. The minimum Gasteiger partial charge on any atom is -0.409 e. The van der Waals surface area contributed by atoms with Crippen LogP contribution in [0.3, 0.4) is 0 Å². The fourth-order valence-electron chi connectivity index (χ4n) is 1.77. The third kappa shape index (κ3) is 2.52. The molecular weight excluding hydrogens is 376 g/mol. The first-order chi connectivity index (χ1) is 8.95. The molecule has 2 rings (SSSR count). The van der Waals surface area contributed by atoms with Gasteiger partial charge in [0.05, 0.1) is 21.5 Å². The van der Waals surface area contributed by atoms with E-state index in [9.17, 15) is 0 Å². The SMILES string of the molecule is Cc1nn(-c2ccc(/C(N)=N/O)c(Br)c2)c(C)c1Br. The van der Waals surface area contributed by atoms with Gasteiger partial charge in [-0.1, -0.05) is 5.16 Å². The number of benzene rings is 1. The summed E-state index contributed by atoms with van der Waals surface area (Å²) >= 11 is 6.91. The van der Waals surface area contributed by atoms with E-state index in [-0.39, 0.29) is 5.84 Å². The monoisotopic (exact) mass is 386 g/mol. The van der Waals surface area contributed by atoms with Crippen LogP contribution in [-0.2, 0) is 0 Å². The molecule has 0 aliphatic heterocycles. The molecule has 0 spiro atoms. The molecule has 0 fully saturated rings. The molecule has 2 aromatic rings. The summed E-state index contributed by atoms with van der Waals surface area (Å²) in [5, 5.41) is 16.1. The molecule has 0 aliphatic carbocycles. The number of halogens is 2. The molecule has 0 saturated heterocycles. The van der Waals surface area contributed by atoms with E-state index >= 15 is 0 Å². The predicted molar refractivity (Wildman–Crippen MR) is 80.9 cm³/mol. The molecule has 1 aromatic heterocycles. The van der Waals surface area contributed by atoms with Crippen LogP contribution in [0.4, 0.5) is 0 Å². The van der Waals surface area contributed by atoms with Gasteiger partial charge >= 0.3 is 0 Å². The molecule has 1 aromatic carbocycles. The molecule has 0 aliphatic rings. The van der Waals surface area contributed by atoms with E-state index in [4.69, 9.17) is 10.9 Å². The third-order valence-corrected chi connectivity index (χ3v) is 4.59. The second-order valence-corrected chi connectivity index (χ2v) is 5.69. The van der Waals surface area contributed by atoms with E-state index in [2.05, 4.69) is 42.1 Å². The molecule has 100 valence electrons. The van der Waals surface area contributed by atoms with Gasteiger partial charge in [0.15, 0.2) is 5.84 Å². The molecule has 7 heteroatoms. The number of amidine groups is 1. The van der Waals surface area contributed by atoms with Crippen molar-refractivity contribution in [1.29, 1.82) is 0 Å². The molecule has 3 N–H and O–H groups in total. The lowest BCUT2D eigenvalue weighted by atomic mass is 10.2. The summed E-state index contributed by atoms with van der Waals surface area (Å²) in [5.74, 6) is 0.0629. The number of aryl methyl sites for hydroxylation is 1. The van der Waals surface area contributed by atoms with Crippen LogP contribution in [0.2, 0.25) is 0 Å². The van der Waals surface area contributed by atoms with Gasteiger partial charge in [0, 0.05) is 10.0 Å². The van der Waals surface area contributed by atoms with Crippen molar-refractivity contribution in [2.24, 2.45) is 10.9 Å². The lowest BCUT2D eigenvalue weighted by molar-refractivity contribution is 0.318. The van der Waals surface area contributed by atoms with Gasteiger partial charge in [-0.15, -0.1) is 0 Å². The molecule has 0 saturated carbocycles. The highest BCUT2D eigenvalue weighted by atomic mass is 79.9. The van der Waals surface area contributed by atoms with Crippen LogP contribution in [0, 0.1) is 13.8 Å². The van der Waals surface area contributed by atoms with Crippen LogP contribution < -0.4 is 5.73 Å². The van der Waals surface area contributed by atoms with E-state index < -0.39 is 0 Å². The Balaban J connectivity index is 2.53. The van der Waals surface area contributed by atoms with E-state index in [1.54, 1.807) is 6.07 Å². The Morgan fingerprint density at radius 2 is 2.05 bits per heavy atom. The Bertz CT molecular complexity index is 664. The zero-order valence-electron chi connectivity index (χ0n) is 10.4. The van der Waals surface area contributed by atoms with Crippen LogP contribution in [0.25, 0.3) is 5.69 Å². The highest BCUT2D eigenvalue weighted by Crippen LogP contribution is 2.26. The molecule has 0 radical (unpaired) electrons. The van der Waals surface area contributed by atoms with Crippen molar-refractivity contribution >= 4 is 37.7 Å². The quantitative estimate of drug-likeness (QED) is 0.359. The lowest BCUT2D eigenvalue weighted by Gasteiger charge is -2.08.